The summed E-state index contributed by atoms with van der Waals surface area (Å²) < 4.78 is 5.05. The second-order valence-electron chi connectivity index (χ2n) is 6.83. The van der Waals surface area contributed by atoms with Gasteiger partial charge >= 0.3 is 5.76 Å². The second-order valence-corrected chi connectivity index (χ2v) is 6.83. The van der Waals surface area contributed by atoms with Gasteiger partial charge in [0.15, 0.2) is 5.58 Å². The van der Waals surface area contributed by atoms with Crippen molar-refractivity contribution < 1.29 is 9.21 Å². The minimum atomic E-state index is -0.497. The summed E-state index contributed by atoms with van der Waals surface area (Å²) in [5, 5.41) is 2.96. The van der Waals surface area contributed by atoms with Gasteiger partial charge in [-0.1, -0.05) is 29.8 Å². The average molecular weight is 351 g/mol. The highest BCUT2D eigenvalue weighted by molar-refractivity contribution is 5.96. The number of likely N-dealkylation sites (tertiary alicyclic amines) is 1. The molecule has 0 saturated carbocycles. The van der Waals surface area contributed by atoms with Crippen molar-refractivity contribution in [2.45, 2.75) is 32.4 Å². The number of aromatic nitrogens is 1. The molecule has 26 heavy (non-hydrogen) atoms. The lowest BCUT2D eigenvalue weighted by Gasteiger charge is -2.24. The molecule has 3 aromatic rings. The van der Waals surface area contributed by atoms with E-state index in [4.69, 9.17) is 4.42 Å². The molecule has 2 heterocycles. The van der Waals surface area contributed by atoms with Gasteiger partial charge in [-0.15, -0.1) is 0 Å². The minimum Gasteiger partial charge on any atom is -0.408 e. The van der Waals surface area contributed by atoms with E-state index < -0.39 is 5.76 Å². The van der Waals surface area contributed by atoms with Gasteiger partial charge in [0.05, 0.1) is 11.6 Å². The Morgan fingerprint density at radius 2 is 2.19 bits per heavy atom. The summed E-state index contributed by atoms with van der Waals surface area (Å²) in [6.45, 7) is 3.76. The Balaban J connectivity index is 1.47. The minimum absolute atomic E-state index is 0.0209. The van der Waals surface area contributed by atoms with Crippen LogP contribution in [0.3, 0.4) is 0 Å². The van der Waals surface area contributed by atoms with Crippen molar-refractivity contribution in [1.29, 1.82) is 0 Å². The third-order valence-electron chi connectivity index (χ3n) is 4.82. The van der Waals surface area contributed by atoms with Crippen LogP contribution in [-0.2, 0) is 11.3 Å². The van der Waals surface area contributed by atoms with Crippen LogP contribution in [0.4, 0.5) is 5.69 Å². The number of carbonyl (C=O) groups excluding carboxylic acids is 1. The number of amides is 1. The Bertz CT molecular complexity index is 1000. The molecule has 1 atom stereocenters. The number of H-pyrrole nitrogens is 1. The zero-order valence-electron chi connectivity index (χ0n) is 14.6. The predicted octanol–water partition coefficient (Wildman–Crippen LogP) is 3.03. The van der Waals surface area contributed by atoms with Crippen LogP contribution in [0.2, 0.25) is 0 Å². The fraction of sp³-hybridized carbons (Fsp3) is 0.300. The number of nitrogens with one attached hydrogen (secondary N) is 2. The maximum absolute atomic E-state index is 12.8. The van der Waals surface area contributed by atoms with Crippen LogP contribution < -0.4 is 11.1 Å². The van der Waals surface area contributed by atoms with Gasteiger partial charge in [-0.2, -0.15) is 0 Å². The molecular weight excluding hydrogens is 330 g/mol. The highest BCUT2D eigenvalue weighted by Gasteiger charge is 2.30. The van der Waals surface area contributed by atoms with Crippen LogP contribution >= 0.6 is 0 Å². The summed E-state index contributed by atoms with van der Waals surface area (Å²) in [5.74, 6) is -0.518. The van der Waals surface area contributed by atoms with Gasteiger partial charge in [-0.25, -0.2) is 4.79 Å². The average Bonchev–Trinajstić information content (AvgIpc) is 3.20. The maximum Gasteiger partial charge on any atom is 0.417 e. The summed E-state index contributed by atoms with van der Waals surface area (Å²) in [4.78, 5) is 28.8. The molecule has 1 aliphatic heterocycles. The van der Waals surface area contributed by atoms with Crippen molar-refractivity contribution in [3.05, 3.63) is 64.1 Å². The lowest BCUT2D eigenvalue weighted by Crippen LogP contribution is -2.39. The number of oxazole rings is 1. The molecule has 1 amide bonds. The predicted molar refractivity (Wildman–Crippen MR) is 100 cm³/mol. The van der Waals surface area contributed by atoms with Gasteiger partial charge in [-0.05, 0) is 44.0 Å². The highest BCUT2D eigenvalue weighted by atomic mass is 16.4. The number of aryl methyl sites for hydroxylation is 1. The third kappa shape index (κ3) is 3.41. The van der Waals surface area contributed by atoms with Crippen molar-refractivity contribution in [2.75, 3.05) is 11.9 Å². The summed E-state index contributed by atoms with van der Waals surface area (Å²) in [6, 6.07) is 13.4. The first-order chi connectivity index (χ1) is 12.6. The Morgan fingerprint density at radius 1 is 1.31 bits per heavy atom. The first-order valence-corrected chi connectivity index (χ1v) is 8.82. The first-order valence-electron chi connectivity index (χ1n) is 8.82. The molecule has 1 aliphatic rings. The number of fused-ring (bicyclic) bond motifs is 1. The quantitative estimate of drug-likeness (QED) is 0.757. The lowest BCUT2D eigenvalue weighted by molar-refractivity contribution is -0.120. The molecule has 1 fully saturated rings. The van der Waals surface area contributed by atoms with Crippen molar-refractivity contribution in [3.63, 3.8) is 0 Å². The molecule has 0 bridgehead atoms. The molecule has 2 aromatic carbocycles. The second kappa shape index (κ2) is 6.80. The van der Waals surface area contributed by atoms with Gasteiger partial charge < -0.3 is 9.73 Å². The molecule has 134 valence electrons. The monoisotopic (exact) mass is 351 g/mol. The van der Waals surface area contributed by atoms with E-state index in [9.17, 15) is 9.59 Å². The Morgan fingerprint density at radius 3 is 3.04 bits per heavy atom. The number of benzene rings is 2. The van der Waals surface area contributed by atoms with Gasteiger partial charge in [0, 0.05) is 18.3 Å². The molecule has 1 aromatic heterocycles. The number of anilines is 1. The van der Waals surface area contributed by atoms with Gasteiger partial charge in [0.25, 0.3) is 0 Å². The van der Waals surface area contributed by atoms with Gasteiger partial charge in [0.1, 0.15) is 0 Å². The molecule has 0 aliphatic carbocycles. The Hall–Kier alpha value is -2.86. The zero-order valence-corrected chi connectivity index (χ0v) is 14.6. The SMILES string of the molecule is Cc1cccc(CN2CCCC2C(=O)Nc2ccc3[nH]c(=O)oc3c2)c1. The molecule has 0 spiro atoms. The Labute approximate surface area is 150 Å². The summed E-state index contributed by atoms with van der Waals surface area (Å²) >= 11 is 0. The largest absolute Gasteiger partial charge is 0.417 e. The smallest absolute Gasteiger partial charge is 0.408 e. The normalized spacial score (nSPS) is 17.7. The molecule has 4 rings (SSSR count). The van der Waals surface area contributed by atoms with E-state index in [0.717, 1.165) is 25.9 Å². The molecule has 1 unspecified atom stereocenters. The van der Waals surface area contributed by atoms with Gasteiger partial charge in [0.2, 0.25) is 5.91 Å². The van der Waals surface area contributed by atoms with Crippen LogP contribution in [0.15, 0.2) is 51.7 Å². The van der Waals surface area contributed by atoms with E-state index in [1.807, 2.05) is 0 Å². The van der Waals surface area contributed by atoms with E-state index in [0.29, 0.717) is 16.8 Å². The number of hydrogen-bond donors (Lipinski definition) is 2. The fourth-order valence-corrected chi connectivity index (χ4v) is 3.61. The topological polar surface area (TPSA) is 78.3 Å². The maximum atomic E-state index is 12.8. The molecule has 6 nitrogen and oxygen atoms in total. The number of carbonyl (C=O) groups is 1. The third-order valence-corrected chi connectivity index (χ3v) is 4.82. The number of nitrogens with zero attached hydrogens (tertiary/aromatic N) is 1. The first kappa shape index (κ1) is 16.6. The summed E-state index contributed by atoms with van der Waals surface area (Å²) in [7, 11) is 0. The van der Waals surface area contributed by atoms with Crippen molar-refractivity contribution in [3.8, 4) is 0 Å². The van der Waals surface area contributed by atoms with Crippen LogP contribution in [0.5, 0.6) is 0 Å². The molecule has 1 saturated heterocycles. The highest BCUT2D eigenvalue weighted by Crippen LogP contribution is 2.23. The number of aromatic amines is 1. The van der Waals surface area contributed by atoms with E-state index in [1.165, 1.54) is 11.1 Å². The summed E-state index contributed by atoms with van der Waals surface area (Å²) in [6.07, 6.45) is 1.86. The van der Waals surface area contributed by atoms with Crippen molar-refractivity contribution >= 4 is 22.7 Å². The molecule has 6 heteroatoms. The van der Waals surface area contributed by atoms with Crippen LogP contribution in [0.1, 0.15) is 24.0 Å². The fourth-order valence-electron chi connectivity index (χ4n) is 3.61. The van der Waals surface area contributed by atoms with Crippen LogP contribution in [-0.4, -0.2) is 28.4 Å². The lowest BCUT2D eigenvalue weighted by atomic mass is 10.1. The zero-order chi connectivity index (χ0) is 18.1. The van der Waals surface area contributed by atoms with Crippen molar-refractivity contribution in [1.82, 2.24) is 9.88 Å². The van der Waals surface area contributed by atoms with Crippen LogP contribution in [0.25, 0.3) is 11.1 Å². The molecule has 0 radical (unpaired) electrons. The standard InChI is InChI=1S/C20H21N3O3/c1-13-4-2-5-14(10-13)12-23-9-3-6-17(23)19(24)21-15-7-8-16-18(11-15)26-20(25)22-16/h2,4-5,7-8,10-11,17H,3,6,9,12H2,1H3,(H,21,24)(H,22,25). The Kier molecular flexibility index (Phi) is 4.34. The number of rotatable bonds is 4. The molecular formula is C20H21N3O3. The van der Waals surface area contributed by atoms with E-state index in [2.05, 4.69) is 46.4 Å². The van der Waals surface area contributed by atoms with Crippen molar-refractivity contribution in [2.24, 2.45) is 0 Å². The summed E-state index contributed by atoms with van der Waals surface area (Å²) in [5.41, 5.74) is 4.14. The van der Waals surface area contributed by atoms with E-state index in [1.54, 1.807) is 18.2 Å². The number of hydrogen-bond acceptors (Lipinski definition) is 4. The van der Waals surface area contributed by atoms with Crippen LogP contribution in [0, 0.1) is 6.92 Å². The van der Waals surface area contributed by atoms with E-state index in [-0.39, 0.29) is 11.9 Å². The molecule has 2 N–H and O–H groups in total. The van der Waals surface area contributed by atoms with Gasteiger partial charge in [-0.3, -0.25) is 14.7 Å². The van der Waals surface area contributed by atoms with E-state index >= 15 is 0 Å².